The Labute approximate surface area is 165 Å². The molecule has 0 aliphatic heterocycles. The van der Waals surface area contributed by atoms with Crippen LogP contribution in [0.2, 0.25) is 5.02 Å². The van der Waals surface area contributed by atoms with E-state index >= 15 is 0 Å². The van der Waals surface area contributed by atoms with Crippen molar-refractivity contribution in [3.8, 4) is 5.75 Å². The minimum Gasteiger partial charge on any atom is -0.434 e. The van der Waals surface area contributed by atoms with E-state index < -0.39 is 6.61 Å². The number of alkyl halides is 2. The number of halogens is 4. The van der Waals surface area contributed by atoms with Gasteiger partial charge in [0.2, 0.25) is 0 Å². The first-order valence-electron chi connectivity index (χ1n) is 6.77. The molecule has 4 nitrogen and oxygen atoms in total. The number of rotatable bonds is 6. The van der Waals surface area contributed by atoms with E-state index in [4.69, 9.17) is 11.6 Å². The molecule has 0 spiro atoms. The Hall–Kier alpha value is -1.13. The molecule has 0 atom stereocenters. The van der Waals surface area contributed by atoms with Crippen LogP contribution in [0, 0.1) is 0 Å². The second-order valence-electron chi connectivity index (χ2n) is 4.54. The molecule has 2 aromatic rings. The highest BCUT2D eigenvalue weighted by Gasteiger charge is 2.11. The number of guanidine groups is 1. The fourth-order valence-electron chi connectivity index (χ4n) is 1.88. The summed E-state index contributed by atoms with van der Waals surface area (Å²) in [6.07, 6.45) is 0. The van der Waals surface area contributed by atoms with Gasteiger partial charge in [-0.2, -0.15) is 20.1 Å². The predicted octanol–water partition coefficient (Wildman–Crippen LogP) is 4.49. The molecule has 2 rings (SSSR count). The lowest BCUT2D eigenvalue weighted by molar-refractivity contribution is -0.0504. The molecule has 132 valence electrons. The Balaban J connectivity index is 0.00000288. The summed E-state index contributed by atoms with van der Waals surface area (Å²) in [6.45, 7) is -2.00. The van der Waals surface area contributed by atoms with Crippen LogP contribution in [0.15, 0.2) is 40.0 Å². The van der Waals surface area contributed by atoms with Gasteiger partial charge in [-0.1, -0.05) is 11.6 Å². The maximum absolute atomic E-state index is 12.4. The molecule has 0 aliphatic carbocycles. The smallest absolute Gasteiger partial charge is 0.387 e. The molecule has 9 heteroatoms. The average Bonchev–Trinajstić information content (AvgIpc) is 3.03. The lowest BCUT2D eigenvalue weighted by Crippen LogP contribution is -2.36. The largest absolute Gasteiger partial charge is 0.434 e. The van der Waals surface area contributed by atoms with Gasteiger partial charge < -0.3 is 15.4 Å². The lowest BCUT2D eigenvalue weighted by atomic mass is 10.2. The van der Waals surface area contributed by atoms with E-state index in [-0.39, 0.29) is 36.3 Å². The second kappa shape index (κ2) is 10.7. The van der Waals surface area contributed by atoms with Crippen molar-refractivity contribution >= 4 is 52.9 Å². The van der Waals surface area contributed by atoms with Crippen molar-refractivity contribution in [2.45, 2.75) is 19.7 Å². The van der Waals surface area contributed by atoms with Gasteiger partial charge in [0, 0.05) is 30.7 Å². The van der Waals surface area contributed by atoms with Crippen LogP contribution in [-0.2, 0) is 13.1 Å². The topological polar surface area (TPSA) is 45.7 Å². The Bertz CT molecular complexity index is 656. The van der Waals surface area contributed by atoms with Crippen LogP contribution >= 0.6 is 46.9 Å². The van der Waals surface area contributed by atoms with Crippen molar-refractivity contribution in [3.63, 3.8) is 0 Å². The quantitative estimate of drug-likeness (QED) is 0.359. The van der Waals surface area contributed by atoms with Gasteiger partial charge in [-0.15, -0.1) is 24.0 Å². The molecule has 0 amide bonds. The van der Waals surface area contributed by atoms with Gasteiger partial charge in [0.15, 0.2) is 5.96 Å². The Kier molecular flexibility index (Phi) is 9.30. The van der Waals surface area contributed by atoms with Crippen LogP contribution in [0.5, 0.6) is 5.75 Å². The summed E-state index contributed by atoms with van der Waals surface area (Å²) in [5.74, 6) is 0.643. The van der Waals surface area contributed by atoms with E-state index in [0.29, 0.717) is 23.1 Å². The maximum atomic E-state index is 12.4. The molecule has 0 bridgehead atoms. The van der Waals surface area contributed by atoms with Gasteiger partial charge in [0.25, 0.3) is 0 Å². The third-order valence-electron chi connectivity index (χ3n) is 2.95. The first-order chi connectivity index (χ1) is 11.1. The minimum absolute atomic E-state index is 0. The van der Waals surface area contributed by atoms with Crippen molar-refractivity contribution in [2.75, 3.05) is 7.05 Å². The number of nitrogens with zero attached hydrogens (tertiary/aromatic N) is 1. The molecule has 1 heterocycles. The molecular formula is C15H17ClF2IN3OS. The van der Waals surface area contributed by atoms with Crippen molar-refractivity contribution in [1.29, 1.82) is 0 Å². The fourth-order valence-corrected chi connectivity index (χ4v) is 2.74. The number of benzene rings is 1. The van der Waals surface area contributed by atoms with E-state index in [9.17, 15) is 8.78 Å². The van der Waals surface area contributed by atoms with Crippen LogP contribution in [0.1, 0.15) is 11.1 Å². The molecular weight excluding hydrogens is 471 g/mol. The molecule has 0 saturated heterocycles. The van der Waals surface area contributed by atoms with Crippen molar-refractivity contribution < 1.29 is 13.5 Å². The highest BCUT2D eigenvalue weighted by atomic mass is 127. The molecule has 0 fully saturated rings. The molecule has 0 aliphatic rings. The van der Waals surface area contributed by atoms with Gasteiger partial charge in [-0.25, -0.2) is 0 Å². The zero-order valence-electron chi connectivity index (χ0n) is 12.8. The average molecular weight is 488 g/mol. The summed E-state index contributed by atoms with van der Waals surface area (Å²) < 4.78 is 29.4. The summed E-state index contributed by atoms with van der Waals surface area (Å²) in [5.41, 5.74) is 1.67. The third kappa shape index (κ3) is 6.78. The first-order valence-corrected chi connectivity index (χ1v) is 8.09. The van der Waals surface area contributed by atoms with Gasteiger partial charge >= 0.3 is 6.61 Å². The van der Waals surface area contributed by atoms with Gasteiger partial charge in [-0.05, 0) is 40.6 Å². The van der Waals surface area contributed by atoms with Crippen molar-refractivity contribution in [2.24, 2.45) is 4.99 Å². The molecule has 1 aromatic heterocycles. The first kappa shape index (κ1) is 20.9. The normalized spacial score (nSPS) is 11.1. The Morgan fingerprint density at radius 3 is 2.67 bits per heavy atom. The van der Waals surface area contributed by atoms with E-state index in [2.05, 4.69) is 20.4 Å². The highest BCUT2D eigenvalue weighted by molar-refractivity contribution is 14.0. The van der Waals surface area contributed by atoms with E-state index in [0.717, 1.165) is 5.56 Å². The van der Waals surface area contributed by atoms with Crippen molar-refractivity contribution in [1.82, 2.24) is 10.6 Å². The molecule has 1 aromatic carbocycles. The lowest BCUT2D eigenvalue weighted by Gasteiger charge is -2.14. The number of ether oxygens (including phenoxy) is 1. The standard InChI is InChI=1S/C15H16ClF2N3OS.HI/c1-19-15(20-7-10-4-5-23-9-10)21-8-11-6-12(16)2-3-13(11)22-14(17)18;/h2-6,9,14H,7-8H2,1H3,(H2,19,20,21);1H. The summed E-state index contributed by atoms with van der Waals surface area (Å²) >= 11 is 7.53. The minimum atomic E-state index is -2.88. The van der Waals surface area contributed by atoms with Crippen LogP contribution in [0.25, 0.3) is 0 Å². The number of thiophene rings is 1. The summed E-state index contributed by atoms with van der Waals surface area (Å²) in [4.78, 5) is 4.09. The number of hydrogen-bond acceptors (Lipinski definition) is 3. The summed E-state index contributed by atoms with van der Waals surface area (Å²) in [6, 6.07) is 6.52. The van der Waals surface area contributed by atoms with Crippen LogP contribution < -0.4 is 15.4 Å². The molecule has 2 N–H and O–H groups in total. The fraction of sp³-hybridized carbons (Fsp3) is 0.267. The highest BCUT2D eigenvalue weighted by Crippen LogP contribution is 2.24. The molecule has 0 unspecified atom stereocenters. The molecule has 0 saturated carbocycles. The Morgan fingerprint density at radius 2 is 2.04 bits per heavy atom. The number of hydrogen-bond donors (Lipinski definition) is 2. The Morgan fingerprint density at radius 1 is 1.29 bits per heavy atom. The van der Waals surface area contributed by atoms with Crippen LogP contribution in [0.3, 0.4) is 0 Å². The van der Waals surface area contributed by atoms with Gasteiger partial charge in [-0.3, -0.25) is 4.99 Å². The SMILES string of the molecule is CN=C(NCc1ccsc1)NCc1cc(Cl)ccc1OC(F)F.I. The van der Waals surface area contributed by atoms with Gasteiger partial charge in [0.1, 0.15) is 5.75 Å². The maximum Gasteiger partial charge on any atom is 0.387 e. The van der Waals surface area contributed by atoms with E-state index in [1.54, 1.807) is 24.5 Å². The number of nitrogens with one attached hydrogen (secondary N) is 2. The van der Waals surface area contributed by atoms with E-state index in [1.807, 2.05) is 16.8 Å². The summed E-state index contributed by atoms with van der Waals surface area (Å²) in [5, 5.41) is 10.7. The zero-order valence-corrected chi connectivity index (χ0v) is 16.7. The predicted molar refractivity (Wildman–Crippen MR) is 105 cm³/mol. The zero-order chi connectivity index (χ0) is 16.7. The van der Waals surface area contributed by atoms with Crippen LogP contribution in [0.4, 0.5) is 8.78 Å². The monoisotopic (exact) mass is 487 g/mol. The molecule has 24 heavy (non-hydrogen) atoms. The number of aliphatic imine (C=N–C) groups is 1. The van der Waals surface area contributed by atoms with Crippen LogP contribution in [-0.4, -0.2) is 19.6 Å². The van der Waals surface area contributed by atoms with E-state index in [1.165, 1.54) is 12.1 Å². The van der Waals surface area contributed by atoms with Crippen molar-refractivity contribution in [3.05, 3.63) is 51.2 Å². The van der Waals surface area contributed by atoms with Gasteiger partial charge in [0.05, 0.1) is 0 Å². The molecule has 0 radical (unpaired) electrons. The summed E-state index contributed by atoms with van der Waals surface area (Å²) in [7, 11) is 1.64. The second-order valence-corrected chi connectivity index (χ2v) is 5.76. The third-order valence-corrected chi connectivity index (χ3v) is 3.92.